The maximum Gasteiger partial charge on any atom is 0.190 e. The van der Waals surface area contributed by atoms with Gasteiger partial charge < -0.3 is 15.4 Å². The number of ether oxygens (including phenoxy) is 1. The Morgan fingerprint density at radius 3 is 2.75 bits per heavy atom. The molecule has 0 saturated heterocycles. The van der Waals surface area contributed by atoms with E-state index in [9.17, 15) is 0 Å². The monoisotopic (exact) mass is 395 g/mol. The van der Waals surface area contributed by atoms with E-state index in [0.717, 1.165) is 45.1 Å². The van der Waals surface area contributed by atoms with Crippen LogP contribution >= 0.6 is 24.0 Å². The van der Waals surface area contributed by atoms with E-state index >= 15 is 0 Å². The van der Waals surface area contributed by atoms with Crippen LogP contribution in [0.4, 0.5) is 0 Å². The highest BCUT2D eigenvalue weighted by Crippen LogP contribution is 2.19. The molecule has 0 aromatic rings. The summed E-state index contributed by atoms with van der Waals surface area (Å²) in [6, 6.07) is 0. The van der Waals surface area contributed by atoms with E-state index in [2.05, 4.69) is 21.7 Å². The van der Waals surface area contributed by atoms with E-state index in [1.165, 1.54) is 25.7 Å². The first-order valence-corrected chi connectivity index (χ1v) is 7.57. The van der Waals surface area contributed by atoms with Gasteiger partial charge in [0, 0.05) is 33.4 Å². The molecule has 0 radical (unpaired) electrons. The van der Waals surface area contributed by atoms with Crippen LogP contribution < -0.4 is 10.6 Å². The Morgan fingerprint density at radius 1 is 1.30 bits per heavy atom. The summed E-state index contributed by atoms with van der Waals surface area (Å²) in [6.45, 7) is 5.50. The molecule has 4 nitrogen and oxygen atoms in total. The summed E-state index contributed by atoms with van der Waals surface area (Å²) in [5.74, 6) is 0.896. The van der Waals surface area contributed by atoms with Gasteiger partial charge in [-0.2, -0.15) is 0 Å². The van der Waals surface area contributed by atoms with Crippen molar-refractivity contribution in [3.63, 3.8) is 0 Å². The van der Waals surface area contributed by atoms with E-state index in [4.69, 9.17) is 4.74 Å². The Hall–Kier alpha value is -0.300. The third-order valence-electron chi connectivity index (χ3n) is 3.31. The number of rotatable bonds is 8. The molecule has 1 aliphatic carbocycles. The predicted octanol–water partition coefficient (Wildman–Crippen LogP) is 3.09. The molecule has 0 aliphatic heterocycles. The highest BCUT2D eigenvalue weighted by Gasteiger charge is 2.03. The van der Waals surface area contributed by atoms with E-state index in [1.54, 1.807) is 5.57 Å². The summed E-state index contributed by atoms with van der Waals surface area (Å²) >= 11 is 0. The van der Waals surface area contributed by atoms with E-state index < -0.39 is 0 Å². The summed E-state index contributed by atoms with van der Waals surface area (Å²) in [5.41, 5.74) is 1.60. The van der Waals surface area contributed by atoms with Crippen LogP contribution in [0.15, 0.2) is 16.6 Å². The fourth-order valence-corrected chi connectivity index (χ4v) is 2.22. The van der Waals surface area contributed by atoms with E-state index in [1.807, 2.05) is 14.0 Å². The fraction of sp³-hybridized carbons (Fsp3) is 0.800. The molecule has 1 rings (SSSR count). The minimum absolute atomic E-state index is 0. The van der Waals surface area contributed by atoms with Crippen molar-refractivity contribution in [2.45, 2.75) is 45.4 Å². The number of halogens is 1. The van der Waals surface area contributed by atoms with Crippen LogP contribution in [0.3, 0.4) is 0 Å². The van der Waals surface area contributed by atoms with Crippen LogP contribution in [0, 0.1) is 0 Å². The fourth-order valence-electron chi connectivity index (χ4n) is 2.22. The van der Waals surface area contributed by atoms with Gasteiger partial charge in [-0.25, -0.2) is 0 Å². The zero-order valence-corrected chi connectivity index (χ0v) is 15.2. The molecule has 2 N–H and O–H groups in total. The second-order valence-corrected chi connectivity index (χ2v) is 4.83. The first-order valence-electron chi connectivity index (χ1n) is 7.57. The first kappa shape index (κ1) is 19.7. The maximum atomic E-state index is 5.30. The lowest BCUT2D eigenvalue weighted by molar-refractivity contribution is 0.145. The maximum absolute atomic E-state index is 5.30. The second kappa shape index (κ2) is 13.7. The quantitative estimate of drug-likeness (QED) is 0.218. The van der Waals surface area contributed by atoms with Gasteiger partial charge in [0.15, 0.2) is 5.96 Å². The van der Waals surface area contributed by atoms with Gasteiger partial charge in [-0.05, 0) is 45.4 Å². The Bertz CT molecular complexity index is 293. The van der Waals surface area contributed by atoms with Crippen molar-refractivity contribution < 1.29 is 4.74 Å². The van der Waals surface area contributed by atoms with Gasteiger partial charge >= 0.3 is 0 Å². The van der Waals surface area contributed by atoms with Crippen LogP contribution in [-0.4, -0.2) is 39.3 Å². The highest BCUT2D eigenvalue weighted by atomic mass is 127. The average Bonchev–Trinajstić information content (AvgIpc) is 2.46. The average molecular weight is 395 g/mol. The summed E-state index contributed by atoms with van der Waals surface area (Å²) in [5, 5.41) is 6.67. The lowest BCUT2D eigenvalue weighted by Gasteiger charge is -2.15. The number of nitrogens with one attached hydrogen (secondary N) is 2. The number of hydrogen-bond donors (Lipinski definition) is 2. The molecule has 5 heteroatoms. The van der Waals surface area contributed by atoms with Gasteiger partial charge in [-0.15, -0.1) is 24.0 Å². The molecular weight excluding hydrogens is 365 g/mol. The Labute approximate surface area is 140 Å². The van der Waals surface area contributed by atoms with Crippen molar-refractivity contribution in [3.8, 4) is 0 Å². The molecule has 0 heterocycles. The molecule has 0 amide bonds. The van der Waals surface area contributed by atoms with Crippen molar-refractivity contribution in [2.24, 2.45) is 4.99 Å². The number of guanidine groups is 1. The normalized spacial score (nSPS) is 15.3. The molecule has 0 aromatic heterocycles. The van der Waals surface area contributed by atoms with Crippen molar-refractivity contribution in [3.05, 3.63) is 11.6 Å². The summed E-state index contributed by atoms with van der Waals surface area (Å²) < 4.78 is 5.30. The molecule has 0 fully saturated rings. The molecule has 0 atom stereocenters. The summed E-state index contributed by atoms with van der Waals surface area (Å²) in [7, 11) is 1.82. The SMILES string of the molecule is CCOCCCNC(=NC)NCCC1=CCCCC1.I. The van der Waals surface area contributed by atoms with Gasteiger partial charge in [-0.1, -0.05) is 11.6 Å². The largest absolute Gasteiger partial charge is 0.382 e. The van der Waals surface area contributed by atoms with Crippen LogP contribution in [0.25, 0.3) is 0 Å². The minimum Gasteiger partial charge on any atom is -0.382 e. The smallest absolute Gasteiger partial charge is 0.190 e. The van der Waals surface area contributed by atoms with Crippen molar-refractivity contribution in [2.75, 3.05) is 33.4 Å². The van der Waals surface area contributed by atoms with Crippen molar-refractivity contribution in [1.82, 2.24) is 10.6 Å². The summed E-state index contributed by atoms with van der Waals surface area (Å²) in [6.07, 6.45) is 9.82. The second-order valence-electron chi connectivity index (χ2n) is 4.83. The summed E-state index contributed by atoms with van der Waals surface area (Å²) in [4.78, 5) is 4.22. The van der Waals surface area contributed by atoms with Crippen molar-refractivity contribution in [1.29, 1.82) is 0 Å². The molecule has 1 aliphatic rings. The molecule has 0 saturated carbocycles. The lowest BCUT2D eigenvalue weighted by Crippen LogP contribution is -2.38. The zero-order valence-electron chi connectivity index (χ0n) is 12.9. The van der Waals surface area contributed by atoms with Gasteiger partial charge in [0.2, 0.25) is 0 Å². The van der Waals surface area contributed by atoms with E-state index in [0.29, 0.717) is 0 Å². The molecule has 20 heavy (non-hydrogen) atoms. The molecular formula is C15H30IN3O. The Morgan fingerprint density at radius 2 is 2.10 bits per heavy atom. The number of hydrogen-bond acceptors (Lipinski definition) is 2. The molecule has 0 unspecified atom stereocenters. The van der Waals surface area contributed by atoms with E-state index in [-0.39, 0.29) is 24.0 Å². The Kier molecular flexibility index (Phi) is 13.5. The molecule has 0 spiro atoms. The zero-order chi connectivity index (χ0) is 13.8. The molecule has 118 valence electrons. The van der Waals surface area contributed by atoms with Gasteiger partial charge in [0.25, 0.3) is 0 Å². The number of nitrogens with zero attached hydrogens (tertiary/aromatic N) is 1. The first-order chi connectivity index (χ1) is 9.36. The molecule has 0 aromatic carbocycles. The van der Waals surface area contributed by atoms with Gasteiger partial charge in [0.05, 0.1) is 0 Å². The highest BCUT2D eigenvalue weighted by molar-refractivity contribution is 14.0. The predicted molar refractivity (Wildman–Crippen MR) is 97.1 cm³/mol. The van der Waals surface area contributed by atoms with Crippen LogP contribution in [0.1, 0.15) is 45.4 Å². The third-order valence-corrected chi connectivity index (χ3v) is 3.31. The Balaban J connectivity index is 0.00000361. The van der Waals surface area contributed by atoms with Crippen LogP contribution in [0.5, 0.6) is 0 Å². The van der Waals surface area contributed by atoms with Crippen molar-refractivity contribution >= 4 is 29.9 Å². The third kappa shape index (κ3) is 9.58. The topological polar surface area (TPSA) is 45.6 Å². The van der Waals surface area contributed by atoms with Crippen LogP contribution in [-0.2, 0) is 4.74 Å². The van der Waals surface area contributed by atoms with Gasteiger partial charge in [-0.3, -0.25) is 4.99 Å². The lowest BCUT2D eigenvalue weighted by atomic mass is 9.97. The standard InChI is InChI=1S/C15H29N3O.HI/c1-3-19-13-7-11-17-15(16-2)18-12-10-14-8-5-4-6-9-14;/h8H,3-7,9-13H2,1-2H3,(H2,16,17,18);1H. The number of aliphatic imine (C=N–C) groups is 1. The van der Waals surface area contributed by atoms with Gasteiger partial charge in [0.1, 0.15) is 0 Å². The number of allylic oxidation sites excluding steroid dienone is 1. The molecule has 0 bridgehead atoms. The minimum atomic E-state index is 0. The van der Waals surface area contributed by atoms with Crippen LogP contribution in [0.2, 0.25) is 0 Å².